The number of nitrogens with zero attached hydrogens (tertiary/aromatic N) is 3. The Bertz CT molecular complexity index is 423. The van der Waals surface area contributed by atoms with Crippen molar-refractivity contribution < 1.29 is 4.74 Å². The summed E-state index contributed by atoms with van der Waals surface area (Å²) in [5, 5.41) is 3.29. The number of ether oxygens (including phenoxy) is 1. The molecule has 19 heavy (non-hydrogen) atoms. The molecule has 1 aromatic heterocycles. The molecule has 1 aliphatic rings. The van der Waals surface area contributed by atoms with Crippen molar-refractivity contribution in [2.45, 2.75) is 39.0 Å². The molecule has 1 atom stereocenters. The average Bonchev–Trinajstić information content (AvgIpc) is 2.84. The van der Waals surface area contributed by atoms with Gasteiger partial charge in [0.05, 0.1) is 18.4 Å². The lowest BCUT2D eigenvalue weighted by Gasteiger charge is -2.18. The summed E-state index contributed by atoms with van der Waals surface area (Å²) in [5.41, 5.74) is 6.62. The van der Waals surface area contributed by atoms with Gasteiger partial charge in [-0.25, -0.2) is 4.98 Å². The first-order valence-electron chi connectivity index (χ1n) is 6.75. The lowest BCUT2D eigenvalue weighted by Crippen LogP contribution is -2.30. The third-order valence-corrected chi connectivity index (χ3v) is 3.27. The Morgan fingerprint density at radius 1 is 1.53 bits per heavy atom. The van der Waals surface area contributed by atoms with Crippen molar-refractivity contribution in [3.63, 3.8) is 0 Å². The molecule has 0 spiro atoms. The molecule has 6 nitrogen and oxygen atoms in total. The molecule has 1 fully saturated rings. The molecule has 6 heteroatoms. The Morgan fingerprint density at radius 3 is 2.95 bits per heavy atom. The van der Waals surface area contributed by atoms with Crippen LogP contribution in [0.25, 0.3) is 0 Å². The second-order valence-corrected chi connectivity index (χ2v) is 5.16. The number of nitrogens with one attached hydrogen (secondary N) is 1. The van der Waals surface area contributed by atoms with Gasteiger partial charge in [-0.3, -0.25) is 0 Å². The van der Waals surface area contributed by atoms with E-state index in [9.17, 15) is 0 Å². The summed E-state index contributed by atoms with van der Waals surface area (Å²) >= 11 is 0. The Morgan fingerprint density at radius 2 is 2.32 bits per heavy atom. The number of anilines is 2. The predicted molar refractivity (Wildman–Crippen MR) is 76.0 cm³/mol. The lowest BCUT2D eigenvalue weighted by molar-refractivity contribution is 0.0636. The molecule has 0 radical (unpaired) electrons. The van der Waals surface area contributed by atoms with Crippen LogP contribution in [0.15, 0.2) is 6.07 Å². The quantitative estimate of drug-likeness (QED) is 0.819. The molecule has 3 N–H and O–H groups in total. The van der Waals surface area contributed by atoms with Gasteiger partial charge in [-0.1, -0.05) is 0 Å². The lowest BCUT2D eigenvalue weighted by atomic mass is 10.3. The van der Waals surface area contributed by atoms with Crippen LogP contribution >= 0.6 is 0 Å². The van der Waals surface area contributed by atoms with Crippen molar-refractivity contribution in [2.24, 2.45) is 0 Å². The van der Waals surface area contributed by atoms with Crippen molar-refractivity contribution in [3.8, 4) is 0 Å². The topological polar surface area (TPSA) is 76.3 Å². The van der Waals surface area contributed by atoms with Crippen LogP contribution in [-0.4, -0.2) is 42.3 Å². The first kappa shape index (κ1) is 14.0. The van der Waals surface area contributed by atoms with E-state index in [0.29, 0.717) is 18.6 Å². The summed E-state index contributed by atoms with van der Waals surface area (Å²) in [5.74, 6) is 1.21. The van der Waals surface area contributed by atoms with E-state index in [1.54, 1.807) is 0 Å². The number of nitrogens with two attached hydrogens (primary N) is 1. The van der Waals surface area contributed by atoms with Crippen LogP contribution in [0, 0.1) is 0 Å². The van der Waals surface area contributed by atoms with Crippen LogP contribution in [-0.2, 0) is 11.3 Å². The number of hydrogen-bond acceptors (Lipinski definition) is 6. The molecule has 1 aliphatic heterocycles. The first-order chi connectivity index (χ1) is 9.08. The number of rotatable bonds is 5. The van der Waals surface area contributed by atoms with Gasteiger partial charge >= 0.3 is 0 Å². The number of hydrogen-bond donors (Lipinski definition) is 2. The minimum absolute atomic E-state index is 0.181. The zero-order chi connectivity index (χ0) is 13.8. The Kier molecular flexibility index (Phi) is 4.55. The molecule has 0 bridgehead atoms. The molecule has 2 rings (SSSR count). The maximum absolute atomic E-state index is 5.78. The van der Waals surface area contributed by atoms with Gasteiger partial charge in [-0.05, 0) is 27.3 Å². The van der Waals surface area contributed by atoms with Crippen LogP contribution in [0.5, 0.6) is 0 Å². The molecule has 0 saturated carbocycles. The predicted octanol–water partition coefficient (Wildman–Crippen LogP) is 0.782. The molecule has 2 heterocycles. The van der Waals surface area contributed by atoms with Crippen molar-refractivity contribution in [1.82, 2.24) is 15.3 Å². The number of aromatic nitrogens is 2. The van der Waals surface area contributed by atoms with E-state index in [0.717, 1.165) is 31.0 Å². The first-order valence-corrected chi connectivity index (χ1v) is 6.75. The highest BCUT2D eigenvalue weighted by atomic mass is 16.5. The van der Waals surface area contributed by atoms with E-state index in [1.807, 2.05) is 27.0 Å². The van der Waals surface area contributed by atoms with Crippen molar-refractivity contribution in [2.75, 3.05) is 30.8 Å². The Hall–Kier alpha value is -1.40. The smallest absolute Gasteiger partial charge is 0.222 e. The van der Waals surface area contributed by atoms with Crippen LogP contribution in [0.1, 0.15) is 26.0 Å². The van der Waals surface area contributed by atoms with Crippen molar-refractivity contribution in [1.29, 1.82) is 0 Å². The van der Waals surface area contributed by atoms with Gasteiger partial charge in [-0.2, -0.15) is 4.98 Å². The fraction of sp³-hybridized carbons (Fsp3) is 0.692. The average molecular weight is 265 g/mol. The highest BCUT2D eigenvalue weighted by Crippen LogP contribution is 2.20. The Balaban J connectivity index is 2.08. The highest BCUT2D eigenvalue weighted by Gasteiger charge is 2.22. The van der Waals surface area contributed by atoms with Gasteiger partial charge in [0.1, 0.15) is 5.82 Å². The van der Waals surface area contributed by atoms with Crippen molar-refractivity contribution in [3.05, 3.63) is 11.8 Å². The molecular weight excluding hydrogens is 242 g/mol. The monoisotopic (exact) mass is 265 g/mol. The van der Waals surface area contributed by atoms with Crippen LogP contribution < -0.4 is 16.0 Å². The van der Waals surface area contributed by atoms with Gasteiger partial charge in [0.2, 0.25) is 5.95 Å². The standard InChI is InChI=1S/C13H23N5O/c1-9(2)19-8-11-6-12(17-13(14)16-11)18-5-4-10(7-18)15-3/h6,9-10,15H,4-5,7-8H2,1-3H3,(H2,14,16,17)/t10-/m1/s1. The third kappa shape index (κ3) is 3.78. The third-order valence-electron chi connectivity index (χ3n) is 3.27. The van der Waals surface area contributed by atoms with E-state index >= 15 is 0 Å². The molecule has 1 saturated heterocycles. The number of likely N-dealkylation sites (N-methyl/N-ethyl adjacent to an activating group) is 1. The van der Waals surface area contributed by atoms with Gasteiger partial charge in [0, 0.05) is 25.2 Å². The summed E-state index contributed by atoms with van der Waals surface area (Å²) in [4.78, 5) is 10.8. The highest BCUT2D eigenvalue weighted by molar-refractivity contribution is 5.44. The zero-order valence-electron chi connectivity index (χ0n) is 11.9. The van der Waals surface area contributed by atoms with E-state index < -0.39 is 0 Å². The minimum atomic E-state index is 0.181. The summed E-state index contributed by atoms with van der Waals surface area (Å²) in [6, 6.07) is 2.49. The molecule has 0 aliphatic carbocycles. The SMILES string of the molecule is CN[C@@H]1CCN(c2cc(COC(C)C)nc(N)n2)C1. The van der Waals surface area contributed by atoms with Crippen molar-refractivity contribution >= 4 is 11.8 Å². The summed E-state index contributed by atoms with van der Waals surface area (Å²) in [7, 11) is 1.99. The Labute approximate surface area is 114 Å². The maximum Gasteiger partial charge on any atom is 0.222 e. The zero-order valence-corrected chi connectivity index (χ0v) is 11.9. The molecule has 0 aromatic carbocycles. The van der Waals surface area contributed by atoms with Crippen LogP contribution in [0.2, 0.25) is 0 Å². The molecule has 0 amide bonds. The summed E-state index contributed by atoms with van der Waals surface area (Å²) in [6.07, 6.45) is 1.30. The van der Waals surface area contributed by atoms with E-state index in [-0.39, 0.29) is 6.10 Å². The second-order valence-electron chi connectivity index (χ2n) is 5.16. The van der Waals surface area contributed by atoms with Crippen LogP contribution in [0.4, 0.5) is 11.8 Å². The minimum Gasteiger partial charge on any atom is -0.373 e. The summed E-state index contributed by atoms with van der Waals surface area (Å²) in [6.45, 7) is 6.43. The fourth-order valence-corrected chi connectivity index (χ4v) is 2.20. The molecule has 106 valence electrons. The maximum atomic E-state index is 5.78. The van der Waals surface area contributed by atoms with E-state index in [2.05, 4.69) is 20.2 Å². The molecular formula is C13H23N5O. The molecule has 1 aromatic rings. The van der Waals surface area contributed by atoms with Gasteiger partial charge in [0.15, 0.2) is 0 Å². The van der Waals surface area contributed by atoms with Crippen LogP contribution in [0.3, 0.4) is 0 Å². The normalized spacial score (nSPS) is 19.4. The van der Waals surface area contributed by atoms with Gasteiger partial charge < -0.3 is 20.7 Å². The van der Waals surface area contributed by atoms with E-state index in [4.69, 9.17) is 10.5 Å². The second kappa shape index (κ2) is 6.16. The van der Waals surface area contributed by atoms with Gasteiger partial charge in [-0.15, -0.1) is 0 Å². The molecule has 0 unspecified atom stereocenters. The van der Waals surface area contributed by atoms with Gasteiger partial charge in [0.25, 0.3) is 0 Å². The van der Waals surface area contributed by atoms with E-state index in [1.165, 1.54) is 0 Å². The largest absolute Gasteiger partial charge is 0.373 e. The fourth-order valence-electron chi connectivity index (χ4n) is 2.20. The summed E-state index contributed by atoms with van der Waals surface area (Å²) < 4.78 is 5.57. The number of nitrogen functional groups attached to an aromatic ring is 1.